The fourth-order valence-electron chi connectivity index (χ4n) is 3.13. The number of carbonyl (C=O) groups is 1. The van der Waals surface area contributed by atoms with Gasteiger partial charge in [0.05, 0.1) is 11.4 Å². The van der Waals surface area contributed by atoms with Crippen molar-refractivity contribution in [1.29, 1.82) is 0 Å². The maximum absolute atomic E-state index is 12.9. The van der Waals surface area contributed by atoms with Crippen LogP contribution >= 0.6 is 11.3 Å². The van der Waals surface area contributed by atoms with Gasteiger partial charge >= 0.3 is 0 Å². The first-order valence-corrected chi connectivity index (χ1v) is 11.2. The second-order valence-electron chi connectivity index (χ2n) is 7.84. The van der Waals surface area contributed by atoms with Crippen LogP contribution in [0, 0.1) is 5.41 Å². The van der Waals surface area contributed by atoms with E-state index in [0.717, 1.165) is 22.6 Å². The maximum Gasteiger partial charge on any atom is 0.243 e. The molecule has 0 saturated heterocycles. The Bertz CT molecular complexity index is 932. The number of sulfonamides is 1. The lowest BCUT2D eigenvalue weighted by Gasteiger charge is -2.34. The van der Waals surface area contributed by atoms with E-state index in [9.17, 15) is 13.2 Å². The number of rotatable bonds is 4. The van der Waals surface area contributed by atoms with E-state index in [2.05, 4.69) is 4.98 Å². The molecule has 2 aromatic rings. The molecular weight excluding hydrogens is 382 g/mol. The number of fused-ring (bicyclic) bond motifs is 1. The molecule has 146 valence electrons. The fourth-order valence-corrected chi connectivity index (χ4v) is 5.06. The van der Waals surface area contributed by atoms with Gasteiger partial charge in [-0.1, -0.05) is 26.8 Å². The van der Waals surface area contributed by atoms with Crippen LogP contribution in [0.1, 0.15) is 36.9 Å². The smallest absolute Gasteiger partial charge is 0.243 e. The predicted octanol–water partition coefficient (Wildman–Crippen LogP) is 2.89. The Hall–Kier alpha value is -1.77. The normalized spacial score (nSPS) is 15.1. The molecule has 6 nitrogen and oxygen atoms in total. The minimum absolute atomic E-state index is 0.0855. The molecule has 1 aliphatic rings. The van der Waals surface area contributed by atoms with Gasteiger partial charge in [0, 0.05) is 37.1 Å². The minimum atomic E-state index is -3.62. The molecule has 0 N–H and O–H groups in total. The third kappa shape index (κ3) is 4.23. The van der Waals surface area contributed by atoms with Crippen LogP contribution in [0.5, 0.6) is 0 Å². The van der Waals surface area contributed by atoms with Gasteiger partial charge in [0.25, 0.3) is 0 Å². The molecule has 1 amide bonds. The maximum atomic E-state index is 12.9. The average molecular weight is 408 g/mol. The zero-order chi connectivity index (χ0) is 19.8. The highest BCUT2D eigenvalue weighted by Gasteiger charge is 2.30. The first kappa shape index (κ1) is 20.0. The highest BCUT2D eigenvalue weighted by Crippen LogP contribution is 2.27. The molecule has 27 heavy (non-hydrogen) atoms. The SMILES string of the molecule is CN(Cc1nccs1)S(=O)(=O)c1ccc2c(c1)CN(C(=O)C(C)(C)C)CC2. The number of aromatic nitrogens is 1. The number of hydrogen-bond donors (Lipinski definition) is 0. The topological polar surface area (TPSA) is 70.6 Å². The van der Waals surface area contributed by atoms with E-state index in [-0.39, 0.29) is 17.3 Å². The number of amides is 1. The molecule has 8 heteroatoms. The van der Waals surface area contributed by atoms with Gasteiger partial charge in [-0.25, -0.2) is 13.4 Å². The van der Waals surface area contributed by atoms with Crippen LogP contribution in [0.4, 0.5) is 0 Å². The van der Waals surface area contributed by atoms with E-state index in [0.29, 0.717) is 13.1 Å². The Morgan fingerprint density at radius 3 is 2.67 bits per heavy atom. The molecule has 0 unspecified atom stereocenters. The van der Waals surface area contributed by atoms with E-state index in [1.807, 2.05) is 37.1 Å². The summed E-state index contributed by atoms with van der Waals surface area (Å²) in [6.07, 6.45) is 2.41. The molecule has 0 atom stereocenters. The highest BCUT2D eigenvalue weighted by atomic mass is 32.2. The Labute approximate surface area is 164 Å². The van der Waals surface area contributed by atoms with Gasteiger partial charge < -0.3 is 4.90 Å². The monoisotopic (exact) mass is 407 g/mol. The number of carbonyl (C=O) groups excluding carboxylic acids is 1. The summed E-state index contributed by atoms with van der Waals surface area (Å²) >= 11 is 1.43. The molecule has 0 bridgehead atoms. The summed E-state index contributed by atoms with van der Waals surface area (Å²) in [5, 5.41) is 2.58. The summed E-state index contributed by atoms with van der Waals surface area (Å²) in [6, 6.07) is 5.25. The van der Waals surface area contributed by atoms with Crippen molar-refractivity contribution in [2.45, 2.75) is 45.2 Å². The van der Waals surface area contributed by atoms with Crippen molar-refractivity contribution >= 4 is 27.3 Å². The van der Waals surface area contributed by atoms with E-state index < -0.39 is 15.4 Å². The van der Waals surface area contributed by atoms with Crippen molar-refractivity contribution in [1.82, 2.24) is 14.2 Å². The molecule has 0 fully saturated rings. The molecule has 0 radical (unpaired) electrons. The van der Waals surface area contributed by atoms with Crippen molar-refractivity contribution in [3.8, 4) is 0 Å². The van der Waals surface area contributed by atoms with Crippen LogP contribution in [-0.4, -0.2) is 42.1 Å². The lowest BCUT2D eigenvalue weighted by atomic mass is 9.92. The Morgan fingerprint density at radius 2 is 2.04 bits per heavy atom. The fraction of sp³-hybridized carbons (Fsp3) is 0.474. The van der Waals surface area contributed by atoms with Crippen LogP contribution in [0.25, 0.3) is 0 Å². The first-order chi connectivity index (χ1) is 12.6. The van der Waals surface area contributed by atoms with Crippen LogP contribution < -0.4 is 0 Å². The van der Waals surface area contributed by atoms with Crippen LogP contribution in [0.15, 0.2) is 34.7 Å². The predicted molar refractivity (Wildman–Crippen MR) is 106 cm³/mol. The standard InChI is InChI=1S/C19H25N3O3S2/c1-19(2,3)18(23)22-9-7-14-5-6-16(11-15(14)12-22)27(24,25)21(4)13-17-20-8-10-26-17/h5-6,8,10-11H,7,9,12-13H2,1-4H3. The summed E-state index contributed by atoms with van der Waals surface area (Å²) in [5.41, 5.74) is 1.56. The molecule has 0 spiro atoms. The van der Waals surface area contributed by atoms with Crippen LogP contribution in [0.3, 0.4) is 0 Å². The van der Waals surface area contributed by atoms with Crippen LogP contribution in [0.2, 0.25) is 0 Å². The number of hydrogen-bond acceptors (Lipinski definition) is 5. The van der Waals surface area contributed by atoms with Gasteiger partial charge in [-0.3, -0.25) is 4.79 Å². The van der Waals surface area contributed by atoms with Crippen molar-refractivity contribution in [2.75, 3.05) is 13.6 Å². The van der Waals surface area contributed by atoms with Crippen molar-refractivity contribution in [2.24, 2.45) is 5.41 Å². The van der Waals surface area contributed by atoms with Crippen molar-refractivity contribution in [3.05, 3.63) is 45.9 Å². The Balaban J connectivity index is 1.84. The first-order valence-electron chi connectivity index (χ1n) is 8.85. The quantitative estimate of drug-likeness (QED) is 0.781. The minimum Gasteiger partial charge on any atom is -0.338 e. The van der Waals surface area contributed by atoms with Gasteiger partial charge in [-0.2, -0.15) is 4.31 Å². The molecule has 1 aliphatic heterocycles. The van der Waals surface area contributed by atoms with Gasteiger partial charge in [0.2, 0.25) is 15.9 Å². The summed E-state index contributed by atoms with van der Waals surface area (Å²) in [6.45, 7) is 7.06. The lowest BCUT2D eigenvalue weighted by Crippen LogP contribution is -2.42. The molecular formula is C19H25N3O3S2. The van der Waals surface area contributed by atoms with Crippen molar-refractivity contribution in [3.63, 3.8) is 0 Å². The molecule has 0 saturated carbocycles. The molecule has 1 aromatic heterocycles. The summed E-state index contributed by atoms with van der Waals surface area (Å²) < 4.78 is 27.2. The van der Waals surface area contributed by atoms with E-state index >= 15 is 0 Å². The largest absolute Gasteiger partial charge is 0.338 e. The summed E-state index contributed by atoms with van der Waals surface area (Å²) in [5.74, 6) is 0.0855. The third-order valence-electron chi connectivity index (χ3n) is 4.67. The van der Waals surface area contributed by atoms with Gasteiger partial charge in [-0.05, 0) is 29.7 Å². The zero-order valence-corrected chi connectivity index (χ0v) is 17.7. The van der Waals surface area contributed by atoms with E-state index in [1.165, 1.54) is 15.6 Å². The average Bonchev–Trinajstić information content (AvgIpc) is 3.12. The summed E-state index contributed by atoms with van der Waals surface area (Å²) in [7, 11) is -2.06. The highest BCUT2D eigenvalue weighted by molar-refractivity contribution is 7.89. The van der Waals surface area contributed by atoms with E-state index in [4.69, 9.17) is 0 Å². The molecule has 0 aliphatic carbocycles. The number of nitrogens with zero attached hydrogens (tertiary/aromatic N) is 3. The van der Waals surface area contributed by atoms with Gasteiger partial charge in [-0.15, -0.1) is 11.3 Å². The second kappa shape index (κ2) is 7.33. The third-order valence-corrected chi connectivity index (χ3v) is 7.23. The molecule has 1 aromatic carbocycles. The van der Waals surface area contributed by atoms with Gasteiger partial charge in [0.15, 0.2) is 0 Å². The zero-order valence-electron chi connectivity index (χ0n) is 16.1. The molecule has 3 rings (SSSR count). The van der Waals surface area contributed by atoms with Crippen LogP contribution in [-0.2, 0) is 34.3 Å². The van der Waals surface area contributed by atoms with Crippen molar-refractivity contribution < 1.29 is 13.2 Å². The van der Waals surface area contributed by atoms with E-state index in [1.54, 1.807) is 25.4 Å². The summed E-state index contributed by atoms with van der Waals surface area (Å²) in [4.78, 5) is 18.8. The Kier molecular flexibility index (Phi) is 5.42. The lowest BCUT2D eigenvalue weighted by molar-refractivity contribution is -0.140. The number of benzene rings is 1. The van der Waals surface area contributed by atoms with Gasteiger partial charge in [0.1, 0.15) is 5.01 Å². The second-order valence-corrected chi connectivity index (χ2v) is 10.9. The number of thiazole rings is 1. The Morgan fingerprint density at radius 1 is 1.30 bits per heavy atom. The molecule has 2 heterocycles.